The molecular weight excluding hydrogens is 540 g/mol. The van der Waals surface area contributed by atoms with E-state index in [0.29, 0.717) is 37.7 Å². The van der Waals surface area contributed by atoms with Gasteiger partial charge in [0.15, 0.2) is 0 Å². The molecule has 220 valence electrons. The normalized spacial score (nSPS) is 17.7. The number of aliphatic hydroxyl groups is 1. The summed E-state index contributed by atoms with van der Waals surface area (Å²) in [6.45, 7) is 4.47. The Morgan fingerprint density at radius 2 is 1.95 bits per heavy atom. The van der Waals surface area contributed by atoms with E-state index >= 15 is 0 Å². The third-order valence-corrected chi connectivity index (χ3v) is 8.92. The average molecular weight is 581 g/mol. The lowest BCUT2D eigenvalue weighted by Gasteiger charge is -2.34. The highest BCUT2D eigenvalue weighted by Gasteiger charge is 2.30. The second kappa shape index (κ2) is 14.3. The summed E-state index contributed by atoms with van der Waals surface area (Å²) in [6, 6.07) is 11.9. The Balaban J connectivity index is 1.41. The van der Waals surface area contributed by atoms with Gasteiger partial charge in [0.1, 0.15) is 0 Å². The second-order valence-electron chi connectivity index (χ2n) is 10.8. The van der Waals surface area contributed by atoms with E-state index in [2.05, 4.69) is 17.1 Å². The lowest BCUT2D eigenvalue weighted by atomic mass is 9.84. The van der Waals surface area contributed by atoms with Gasteiger partial charge in [0, 0.05) is 30.1 Å². The molecule has 41 heavy (non-hydrogen) atoms. The molecule has 2 fully saturated rings. The van der Waals surface area contributed by atoms with Gasteiger partial charge >= 0.3 is 0 Å². The zero-order chi connectivity index (χ0) is 28.6. The molecule has 1 saturated carbocycles. The minimum atomic E-state index is -0.137. The number of ether oxygens (including phenoxy) is 1. The molecule has 2 aliphatic rings. The van der Waals surface area contributed by atoms with Crippen molar-refractivity contribution in [3.05, 3.63) is 52.9 Å². The van der Waals surface area contributed by atoms with Gasteiger partial charge < -0.3 is 15.2 Å². The summed E-state index contributed by atoms with van der Waals surface area (Å²) >= 11 is 1.60. The van der Waals surface area contributed by atoms with Gasteiger partial charge in [0.05, 0.1) is 61.2 Å². The highest BCUT2D eigenvalue weighted by molar-refractivity contribution is 7.13. The van der Waals surface area contributed by atoms with Crippen molar-refractivity contribution in [2.24, 2.45) is 5.92 Å². The van der Waals surface area contributed by atoms with Crippen LogP contribution in [-0.2, 0) is 20.9 Å². The first kappa shape index (κ1) is 29.6. The van der Waals surface area contributed by atoms with Crippen LogP contribution in [0.1, 0.15) is 54.9 Å². The third-order valence-electron chi connectivity index (χ3n) is 8.04. The number of nitrogens with zero attached hydrogens (tertiary/aromatic N) is 3. The number of hydrogen-bond donors (Lipinski definition) is 2. The first-order chi connectivity index (χ1) is 20.0. The number of para-hydroxylation sites is 1. The van der Waals surface area contributed by atoms with E-state index in [1.54, 1.807) is 11.3 Å². The maximum atomic E-state index is 14.1. The third kappa shape index (κ3) is 7.31. The summed E-state index contributed by atoms with van der Waals surface area (Å²) < 4.78 is 5.23. The fourth-order valence-electron chi connectivity index (χ4n) is 5.89. The number of piperazine rings is 1. The van der Waals surface area contributed by atoms with Crippen LogP contribution in [0.25, 0.3) is 21.5 Å². The van der Waals surface area contributed by atoms with Gasteiger partial charge in [-0.25, -0.2) is 10.0 Å². The van der Waals surface area contributed by atoms with E-state index in [0.717, 1.165) is 39.9 Å². The van der Waals surface area contributed by atoms with Crippen LogP contribution in [-0.4, -0.2) is 84.0 Å². The predicted molar refractivity (Wildman–Crippen MR) is 159 cm³/mol. The Labute approximate surface area is 245 Å². The number of carbonyl (C=O) groups excluding carboxylic acids is 2. The fraction of sp³-hybridized carbons (Fsp3) is 0.516. The molecule has 3 heterocycles. The molecule has 3 aromatic rings. The van der Waals surface area contributed by atoms with Crippen LogP contribution >= 0.6 is 11.3 Å². The molecule has 2 N–H and O–H groups in total. The Morgan fingerprint density at radius 3 is 2.71 bits per heavy atom. The van der Waals surface area contributed by atoms with E-state index in [4.69, 9.17) is 19.7 Å². The van der Waals surface area contributed by atoms with Gasteiger partial charge in [-0.1, -0.05) is 43.5 Å². The van der Waals surface area contributed by atoms with Crippen LogP contribution in [0.2, 0.25) is 0 Å². The molecule has 10 heteroatoms. The number of aliphatic hydroxyl groups excluding tert-OH is 1. The van der Waals surface area contributed by atoms with Crippen molar-refractivity contribution in [2.75, 3.05) is 46.1 Å². The van der Waals surface area contributed by atoms with Crippen molar-refractivity contribution in [2.45, 2.75) is 51.6 Å². The van der Waals surface area contributed by atoms with E-state index in [-0.39, 0.29) is 44.2 Å². The highest BCUT2D eigenvalue weighted by atomic mass is 32.1. The minimum absolute atomic E-state index is 0.0474. The monoisotopic (exact) mass is 580 g/mol. The molecule has 2 aromatic heterocycles. The lowest BCUT2D eigenvalue weighted by molar-refractivity contribution is -0.200. The standard InChI is InChI=1S/C31H40N4O5S/c1-22(23-8-3-2-4-9-23)32-31(38)29-24-10-5-6-11-26(24)33-30(27-12-7-19-41-27)25(29)20-34-13-14-35(28(37)21-34)40-18-17-39-16-15-36/h5-7,10-12,19,22-23,36H,2-4,8-9,13-18,20-21H2,1H3,(H,32,38)/t22-/m0/s1. The van der Waals surface area contributed by atoms with Crippen molar-refractivity contribution in [1.29, 1.82) is 0 Å². The molecule has 5 rings (SSSR count). The topological polar surface area (TPSA) is 104 Å². The van der Waals surface area contributed by atoms with Crippen LogP contribution in [0.5, 0.6) is 0 Å². The summed E-state index contributed by atoms with van der Waals surface area (Å²) in [5.41, 5.74) is 3.07. The number of pyridine rings is 1. The molecule has 9 nitrogen and oxygen atoms in total. The maximum Gasteiger partial charge on any atom is 0.260 e. The predicted octanol–water partition coefficient (Wildman–Crippen LogP) is 4.25. The zero-order valence-electron chi connectivity index (χ0n) is 23.7. The quantitative estimate of drug-likeness (QED) is 0.309. The lowest BCUT2D eigenvalue weighted by Crippen LogP contribution is -2.50. The fourth-order valence-corrected chi connectivity index (χ4v) is 6.63. The van der Waals surface area contributed by atoms with Crippen molar-refractivity contribution >= 4 is 34.1 Å². The summed E-state index contributed by atoms with van der Waals surface area (Å²) in [4.78, 5) is 40.8. The summed E-state index contributed by atoms with van der Waals surface area (Å²) in [6.07, 6.45) is 6.00. The van der Waals surface area contributed by atoms with E-state index in [9.17, 15) is 9.59 Å². The Kier molecular flexibility index (Phi) is 10.3. The number of fused-ring (bicyclic) bond motifs is 1. The smallest absolute Gasteiger partial charge is 0.260 e. The number of nitrogens with one attached hydrogen (secondary N) is 1. The van der Waals surface area contributed by atoms with Crippen molar-refractivity contribution < 1.29 is 24.3 Å². The van der Waals surface area contributed by atoms with Crippen molar-refractivity contribution in [3.8, 4) is 10.6 Å². The first-order valence-electron chi connectivity index (χ1n) is 14.7. The van der Waals surface area contributed by atoms with Crippen LogP contribution in [0.3, 0.4) is 0 Å². The molecule has 1 atom stereocenters. The molecule has 0 spiro atoms. The Hall–Kier alpha value is -2.89. The number of benzene rings is 1. The van der Waals surface area contributed by atoms with Gasteiger partial charge in [-0.3, -0.25) is 19.3 Å². The average Bonchev–Trinajstić information content (AvgIpc) is 3.53. The number of rotatable bonds is 12. The van der Waals surface area contributed by atoms with Crippen LogP contribution in [0.15, 0.2) is 41.8 Å². The number of thiophene rings is 1. The summed E-state index contributed by atoms with van der Waals surface area (Å²) in [5, 5.41) is 16.4. The van der Waals surface area contributed by atoms with Gasteiger partial charge in [0.2, 0.25) is 0 Å². The number of carbonyl (C=O) groups is 2. The molecule has 0 unspecified atom stereocenters. The molecule has 0 bridgehead atoms. The molecule has 1 aliphatic heterocycles. The SMILES string of the molecule is C[C@H](NC(=O)c1c(CN2CCN(OCCOCCO)C(=O)C2)c(-c2cccs2)nc2ccccc12)C1CCCCC1. The molecule has 1 aliphatic carbocycles. The summed E-state index contributed by atoms with van der Waals surface area (Å²) in [7, 11) is 0. The number of amides is 2. The van der Waals surface area contributed by atoms with Gasteiger partial charge in [-0.05, 0) is 43.2 Å². The van der Waals surface area contributed by atoms with Gasteiger partial charge in [-0.2, -0.15) is 0 Å². The number of hydrogen-bond acceptors (Lipinski definition) is 8. The molecule has 0 radical (unpaired) electrons. The second-order valence-corrected chi connectivity index (χ2v) is 11.8. The van der Waals surface area contributed by atoms with Gasteiger partial charge in [0.25, 0.3) is 11.8 Å². The Morgan fingerprint density at radius 1 is 1.12 bits per heavy atom. The van der Waals surface area contributed by atoms with Crippen LogP contribution < -0.4 is 5.32 Å². The zero-order valence-corrected chi connectivity index (χ0v) is 24.5. The molecule has 1 aromatic carbocycles. The van der Waals surface area contributed by atoms with Crippen molar-refractivity contribution in [1.82, 2.24) is 20.3 Å². The van der Waals surface area contributed by atoms with E-state index in [1.807, 2.05) is 41.8 Å². The van der Waals surface area contributed by atoms with Gasteiger partial charge in [-0.15, -0.1) is 11.3 Å². The number of aromatic nitrogens is 1. The maximum absolute atomic E-state index is 14.1. The van der Waals surface area contributed by atoms with E-state index < -0.39 is 0 Å². The molecular formula is C31H40N4O5S. The van der Waals surface area contributed by atoms with E-state index in [1.165, 1.54) is 24.3 Å². The van der Waals surface area contributed by atoms with Crippen LogP contribution in [0.4, 0.5) is 0 Å². The Bertz CT molecular complexity index is 1310. The van der Waals surface area contributed by atoms with Crippen LogP contribution in [0, 0.1) is 5.92 Å². The first-order valence-corrected chi connectivity index (χ1v) is 15.5. The highest BCUT2D eigenvalue weighted by Crippen LogP contribution is 2.34. The van der Waals surface area contributed by atoms with Crippen molar-refractivity contribution in [3.63, 3.8) is 0 Å². The molecule has 2 amide bonds. The summed E-state index contributed by atoms with van der Waals surface area (Å²) in [5.74, 6) is 0.271. The largest absolute Gasteiger partial charge is 0.394 e. The molecule has 1 saturated heterocycles. The minimum Gasteiger partial charge on any atom is -0.394 e. The number of hydroxylamine groups is 2.